The van der Waals surface area contributed by atoms with Crippen molar-refractivity contribution < 1.29 is 19.2 Å². The first kappa shape index (κ1) is 18.8. The van der Waals surface area contributed by atoms with E-state index >= 15 is 0 Å². The minimum Gasteiger partial charge on any atom is -0.469 e. The Kier molecular flexibility index (Phi) is 8.12. The zero-order valence-corrected chi connectivity index (χ0v) is 15.1. The van der Waals surface area contributed by atoms with E-state index in [9.17, 15) is 9.59 Å². The standard InChI is InChI=1S/C18H26N2O3S/c1-23-18(22)16-7-10-20(11-8-16)13-17(21)19-9-12-24-14-15-5-3-2-4-6-15/h2-6,16H,7-14H2,1H3,(H,19,21)/p+1. The van der Waals surface area contributed by atoms with Crippen LogP contribution in [0.1, 0.15) is 18.4 Å². The van der Waals surface area contributed by atoms with E-state index < -0.39 is 0 Å². The van der Waals surface area contributed by atoms with Crippen molar-refractivity contribution in [2.45, 2.75) is 18.6 Å². The topological polar surface area (TPSA) is 59.8 Å². The average Bonchev–Trinajstić information content (AvgIpc) is 2.62. The lowest BCUT2D eigenvalue weighted by Crippen LogP contribution is -3.14. The number of piperidine rings is 1. The minimum absolute atomic E-state index is 0.0104. The molecule has 0 bridgehead atoms. The van der Waals surface area contributed by atoms with Gasteiger partial charge in [-0.15, -0.1) is 0 Å². The number of esters is 1. The number of benzene rings is 1. The first-order chi connectivity index (χ1) is 11.7. The maximum absolute atomic E-state index is 12.0. The van der Waals surface area contributed by atoms with Gasteiger partial charge < -0.3 is 15.0 Å². The molecule has 0 saturated carbocycles. The number of amides is 1. The number of likely N-dealkylation sites (tertiary alicyclic amines) is 1. The second kappa shape index (κ2) is 10.4. The van der Waals surface area contributed by atoms with Crippen molar-refractivity contribution in [1.29, 1.82) is 0 Å². The number of carbonyl (C=O) groups excluding carboxylic acids is 2. The van der Waals surface area contributed by atoms with Gasteiger partial charge in [0.1, 0.15) is 0 Å². The molecule has 0 aromatic heterocycles. The summed E-state index contributed by atoms with van der Waals surface area (Å²) in [5.41, 5.74) is 1.31. The molecule has 1 aliphatic rings. The number of carbonyl (C=O) groups is 2. The summed E-state index contributed by atoms with van der Waals surface area (Å²) >= 11 is 1.83. The van der Waals surface area contributed by atoms with E-state index in [2.05, 4.69) is 17.4 Å². The third-order valence-electron chi connectivity index (χ3n) is 4.32. The second-order valence-electron chi connectivity index (χ2n) is 6.11. The van der Waals surface area contributed by atoms with E-state index in [1.807, 2.05) is 30.0 Å². The summed E-state index contributed by atoms with van der Waals surface area (Å²) in [4.78, 5) is 24.7. The minimum atomic E-state index is -0.117. The molecule has 24 heavy (non-hydrogen) atoms. The highest BCUT2D eigenvalue weighted by atomic mass is 32.2. The lowest BCUT2D eigenvalue weighted by atomic mass is 9.97. The molecule has 0 unspecified atom stereocenters. The van der Waals surface area contributed by atoms with Gasteiger partial charge in [-0.05, 0) is 5.56 Å². The third kappa shape index (κ3) is 6.53. The summed E-state index contributed by atoms with van der Waals surface area (Å²) in [6.45, 7) is 2.91. The van der Waals surface area contributed by atoms with E-state index in [4.69, 9.17) is 4.74 Å². The summed E-state index contributed by atoms with van der Waals surface area (Å²) in [6.07, 6.45) is 1.62. The van der Waals surface area contributed by atoms with Crippen LogP contribution in [0.3, 0.4) is 0 Å². The third-order valence-corrected chi connectivity index (χ3v) is 5.35. The first-order valence-electron chi connectivity index (χ1n) is 8.49. The maximum Gasteiger partial charge on any atom is 0.309 e. The van der Waals surface area contributed by atoms with Crippen molar-refractivity contribution in [2.24, 2.45) is 5.92 Å². The van der Waals surface area contributed by atoms with Gasteiger partial charge in [0, 0.05) is 30.9 Å². The number of rotatable bonds is 8. The van der Waals surface area contributed by atoms with Crippen LogP contribution in [0.25, 0.3) is 0 Å². The fourth-order valence-electron chi connectivity index (χ4n) is 2.92. The quantitative estimate of drug-likeness (QED) is 0.529. The van der Waals surface area contributed by atoms with E-state index in [1.54, 1.807) is 0 Å². The number of methoxy groups -OCH3 is 1. The van der Waals surface area contributed by atoms with Gasteiger partial charge in [0.15, 0.2) is 6.54 Å². The fourth-order valence-corrected chi connectivity index (χ4v) is 3.74. The Labute approximate surface area is 148 Å². The van der Waals surface area contributed by atoms with Crippen molar-refractivity contribution in [3.05, 3.63) is 35.9 Å². The summed E-state index contributed by atoms with van der Waals surface area (Å²) in [6, 6.07) is 10.3. The molecule has 1 saturated heterocycles. The van der Waals surface area contributed by atoms with Crippen LogP contribution in [-0.2, 0) is 20.1 Å². The summed E-state index contributed by atoms with van der Waals surface area (Å²) in [5, 5.41) is 2.99. The van der Waals surface area contributed by atoms with Gasteiger partial charge in [-0.3, -0.25) is 9.59 Å². The van der Waals surface area contributed by atoms with Crippen molar-refractivity contribution >= 4 is 23.6 Å². The molecule has 1 heterocycles. The van der Waals surface area contributed by atoms with Crippen LogP contribution in [-0.4, -0.2) is 50.9 Å². The van der Waals surface area contributed by atoms with Crippen molar-refractivity contribution in [3.8, 4) is 0 Å². The zero-order valence-electron chi connectivity index (χ0n) is 14.3. The first-order valence-corrected chi connectivity index (χ1v) is 9.64. The molecule has 1 aromatic carbocycles. The zero-order chi connectivity index (χ0) is 17.2. The molecule has 1 fully saturated rings. The Morgan fingerprint density at radius 2 is 1.96 bits per heavy atom. The van der Waals surface area contributed by atoms with Crippen LogP contribution in [0.15, 0.2) is 30.3 Å². The lowest BCUT2D eigenvalue weighted by molar-refractivity contribution is -0.897. The van der Waals surface area contributed by atoms with E-state index in [0.29, 0.717) is 13.1 Å². The normalized spacial score (nSPS) is 20.4. The van der Waals surface area contributed by atoms with Crippen molar-refractivity contribution in [1.82, 2.24) is 5.32 Å². The highest BCUT2D eigenvalue weighted by Crippen LogP contribution is 2.11. The number of ether oxygens (including phenoxy) is 1. The smallest absolute Gasteiger partial charge is 0.309 e. The molecular weight excluding hydrogens is 324 g/mol. The van der Waals surface area contributed by atoms with Crippen LogP contribution in [0.2, 0.25) is 0 Å². The van der Waals surface area contributed by atoms with Crippen molar-refractivity contribution in [3.63, 3.8) is 0 Å². The highest BCUT2D eigenvalue weighted by Gasteiger charge is 2.28. The van der Waals surface area contributed by atoms with Crippen LogP contribution in [0, 0.1) is 5.92 Å². The molecular formula is C18H27N2O3S+. The van der Waals surface area contributed by atoms with Gasteiger partial charge in [0.25, 0.3) is 5.91 Å². The SMILES string of the molecule is COC(=O)C1CC[NH+](CC(=O)NCCSCc2ccccc2)CC1. The second-order valence-corrected chi connectivity index (χ2v) is 7.22. The van der Waals surface area contributed by atoms with Gasteiger partial charge >= 0.3 is 5.97 Å². The Bertz CT molecular complexity index is 516. The Balaban J connectivity index is 1.53. The van der Waals surface area contributed by atoms with Crippen molar-refractivity contribution in [2.75, 3.05) is 39.0 Å². The number of hydrogen-bond acceptors (Lipinski definition) is 4. The van der Waals surface area contributed by atoms with Gasteiger partial charge in [-0.25, -0.2) is 0 Å². The number of nitrogens with one attached hydrogen (secondary N) is 2. The molecule has 0 spiro atoms. The largest absolute Gasteiger partial charge is 0.469 e. The lowest BCUT2D eigenvalue weighted by Gasteiger charge is -2.27. The molecule has 6 heteroatoms. The molecule has 132 valence electrons. The molecule has 5 nitrogen and oxygen atoms in total. The predicted octanol–water partition coefficient (Wildman–Crippen LogP) is 0.504. The molecule has 0 atom stereocenters. The average molecular weight is 351 g/mol. The highest BCUT2D eigenvalue weighted by molar-refractivity contribution is 7.98. The monoisotopic (exact) mass is 351 g/mol. The number of quaternary nitrogens is 1. The van der Waals surface area contributed by atoms with Gasteiger partial charge in [0.2, 0.25) is 0 Å². The number of thioether (sulfide) groups is 1. The summed E-state index contributed by atoms with van der Waals surface area (Å²) < 4.78 is 4.78. The van der Waals surface area contributed by atoms with E-state index in [0.717, 1.165) is 37.4 Å². The molecule has 2 rings (SSSR count). The predicted molar refractivity (Wildman–Crippen MR) is 95.9 cm³/mol. The molecule has 1 aromatic rings. The van der Waals surface area contributed by atoms with E-state index in [1.165, 1.54) is 17.6 Å². The molecule has 0 radical (unpaired) electrons. The molecule has 1 amide bonds. The van der Waals surface area contributed by atoms with Gasteiger partial charge in [-0.2, -0.15) is 11.8 Å². The van der Waals surface area contributed by atoms with E-state index in [-0.39, 0.29) is 17.8 Å². The van der Waals surface area contributed by atoms with Crippen LogP contribution < -0.4 is 10.2 Å². The summed E-state index contributed by atoms with van der Waals surface area (Å²) in [7, 11) is 1.44. The summed E-state index contributed by atoms with van der Waals surface area (Å²) in [5.74, 6) is 1.88. The Hall–Kier alpha value is -1.53. The molecule has 0 aliphatic carbocycles. The van der Waals surface area contributed by atoms with Gasteiger partial charge in [0.05, 0.1) is 26.1 Å². The number of hydrogen-bond donors (Lipinski definition) is 2. The van der Waals surface area contributed by atoms with Gasteiger partial charge in [-0.1, -0.05) is 30.3 Å². The molecule has 2 N–H and O–H groups in total. The van der Waals surface area contributed by atoms with Crippen LogP contribution in [0.4, 0.5) is 0 Å². The molecule has 1 aliphatic heterocycles. The Morgan fingerprint density at radius 1 is 1.25 bits per heavy atom. The van der Waals surface area contributed by atoms with Crippen LogP contribution in [0.5, 0.6) is 0 Å². The maximum atomic E-state index is 12.0. The fraction of sp³-hybridized carbons (Fsp3) is 0.556. The Morgan fingerprint density at radius 3 is 2.62 bits per heavy atom. The van der Waals surface area contributed by atoms with Crippen LogP contribution >= 0.6 is 11.8 Å².